The molecule has 794 valence electrons. The molecule has 4 aromatic carbocycles. The van der Waals surface area contributed by atoms with Crippen LogP contribution in [0.5, 0.6) is 0 Å². The highest BCUT2D eigenvalue weighted by molar-refractivity contribution is 6.31. The number of anilines is 3. The number of halogens is 2. The van der Waals surface area contributed by atoms with Crippen molar-refractivity contribution in [3.8, 4) is 22.5 Å². The molecule has 6 aromatic rings. The number of urea groups is 1. The average molecular weight is 2040 g/mol. The van der Waals surface area contributed by atoms with Gasteiger partial charge in [0.15, 0.2) is 0 Å². The van der Waals surface area contributed by atoms with Gasteiger partial charge in [-0.1, -0.05) is 129 Å². The summed E-state index contributed by atoms with van der Waals surface area (Å²) in [5, 5.41) is 34.2. The van der Waals surface area contributed by atoms with Crippen LogP contribution in [0.2, 0.25) is 5.02 Å². The van der Waals surface area contributed by atoms with E-state index in [2.05, 4.69) is 52.4 Å². The van der Waals surface area contributed by atoms with Crippen molar-refractivity contribution in [2.45, 2.75) is 220 Å². The molecule has 0 saturated carbocycles. The molecule has 40 nitrogen and oxygen atoms in total. The first kappa shape index (κ1) is 117. The maximum atomic E-state index is 15.1. The van der Waals surface area contributed by atoms with Gasteiger partial charge in [0, 0.05) is 149 Å². The van der Waals surface area contributed by atoms with Crippen molar-refractivity contribution in [1.82, 2.24) is 86.1 Å². The fourth-order valence-electron chi connectivity index (χ4n) is 17.8. The van der Waals surface area contributed by atoms with Crippen LogP contribution in [0.1, 0.15) is 169 Å². The lowest BCUT2D eigenvalue weighted by atomic mass is 9.89. The lowest BCUT2D eigenvalue weighted by molar-refractivity contribution is -0.146. The summed E-state index contributed by atoms with van der Waals surface area (Å²) in [4.78, 5) is 230. The molecule has 11 atom stereocenters. The van der Waals surface area contributed by atoms with Crippen molar-refractivity contribution < 1.29 is 90.9 Å². The molecule has 2 fully saturated rings. The van der Waals surface area contributed by atoms with Gasteiger partial charge in [-0.3, -0.25) is 67.2 Å². The lowest BCUT2D eigenvalue weighted by Crippen LogP contribution is -2.60. The number of aryl methyl sites for hydroxylation is 1. The van der Waals surface area contributed by atoms with Crippen LogP contribution < -0.4 is 58.9 Å². The summed E-state index contributed by atoms with van der Waals surface area (Å²) in [6.45, 7) is 19.3. The minimum Gasteiger partial charge on any atom is -0.445 e. The van der Waals surface area contributed by atoms with Gasteiger partial charge in [0.05, 0.1) is 85.7 Å². The summed E-state index contributed by atoms with van der Waals surface area (Å²) in [6.07, 6.45) is 2.72. The highest BCUT2D eigenvalue weighted by atomic mass is 35.5. The zero-order chi connectivity index (χ0) is 107. The second kappa shape index (κ2) is 55.8. The van der Waals surface area contributed by atoms with E-state index in [9.17, 15) is 77.0 Å². The second-order valence-corrected chi connectivity index (χ2v) is 39.7. The van der Waals surface area contributed by atoms with Crippen molar-refractivity contribution in [2.75, 3.05) is 144 Å². The van der Waals surface area contributed by atoms with E-state index in [0.29, 0.717) is 107 Å². The van der Waals surface area contributed by atoms with Crippen molar-refractivity contribution in [1.29, 1.82) is 0 Å². The van der Waals surface area contributed by atoms with Crippen LogP contribution in [0.25, 0.3) is 33.5 Å². The number of aliphatic hydroxyl groups is 1. The highest BCUT2D eigenvalue weighted by Crippen LogP contribution is 2.44. The monoisotopic (exact) mass is 2040 g/mol. The molecule has 2 aliphatic heterocycles. The van der Waals surface area contributed by atoms with Gasteiger partial charge in [-0.2, -0.15) is 0 Å². The van der Waals surface area contributed by atoms with Gasteiger partial charge in [0.1, 0.15) is 48.2 Å². The first-order valence-electron chi connectivity index (χ1n) is 49.6. The minimum atomic E-state index is -1.23. The van der Waals surface area contributed by atoms with Gasteiger partial charge >= 0.3 is 12.1 Å². The van der Waals surface area contributed by atoms with Crippen molar-refractivity contribution in [3.63, 3.8) is 0 Å². The molecule has 0 radical (unpaired) electrons. The van der Waals surface area contributed by atoms with Gasteiger partial charge in [0.2, 0.25) is 76.8 Å². The Morgan fingerprint density at radius 3 is 1.83 bits per heavy atom. The molecule has 16 amide bonds. The lowest BCUT2D eigenvalue weighted by Gasteiger charge is -2.40. The van der Waals surface area contributed by atoms with E-state index < -0.39 is 181 Å². The van der Waals surface area contributed by atoms with E-state index in [1.54, 1.807) is 114 Å². The first-order chi connectivity index (χ1) is 68.6. The number of likely N-dealkylation sites (N-methyl/N-ethyl adjacent to an activating group) is 7. The molecular formula is C103H150ClFN22O18. The van der Waals surface area contributed by atoms with Crippen LogP contribution >= 0.6 is 11.6 Å². The Labute approximate surface area is 853 Å². The Balaban J connectivity index is 0.750. The number of hydrogen-bond donors (Lipinski definition) is 12. The van der Waals surface area contributed by atoms with Crippen LogP contribution in [0.4, 0.5) is 31.2 Å². The van der Waals surface area contributed by atoms with Crippen LogP contribution in [0.15, 0.2) is 97.2 Å². The number of fused-ring (bicyclic) bond motifs is 1. The Kier molecular flexibility index (Phi) is 45.1. The van der Waals surface area contributed by atoms with Crippen molar-refractivity contribution >= 4 is 129 Å². The standard InChI is InChI=1S/C103H150ClFN22O18/c1-20-64(9)92(79(144-19)52-83(131)127-44-26-29-74(127)49-65(10)97(137)112-66(11)94(136)68-27-22-21-23-28-68)124(17)101(141)90(61(4)5)118-100(140)91(62(6)7)125(18)103(143)145-59-67-33-36-73(37-34-67)113-98(138)77(30-25-41-110-102(107)142)116-99(139)89(60(2)3)117-80(128)31-24-32-82(130)120(13)55-85(133)122(15)57-87(135)123(16)58-86(134)121(14)56-84(132)119(12)54-81(129)108-42-43-109-95-88(96-114-76-38-35-70(104)51-78(76)115-96)93(126-45-39-72(106)40-46-126)75(53-111-95)69-47-63(8)48-71(105)50-69/h21-23,27-28,33-38,47-48,50-51,53,60-62,64-66,72,74,77,79,89-92,94,136H,20,24-26,29-32,39-46,49,52,54-59,106H2,1-19H3,(H,108,129)(H,109,111)(H,112,137)(H,113,138)(H,114,115)(H,116,139)(H,117,128)(H,118,140)(H3,107,110,142)/t64-,65+,66+,74-,77-,79+,89-,90-,91-,92-,94+/m0/s1. The van der Waals surface area contributed by atoms with Gasteiger partial charge in [-0.25, -0.2) is 23.9 Å². The van der Waals surface area contributed by atoms with Crippen LogP contribution in [0, 0.1) is 42.3 Å². The summed E-state index contributed by atoms with van der Waals surface area (Å²) < 4.78 is 26.9. The van der Waals surface area contributed by atoms with Crippen LogP contribution in [0.3, 0.4) is 0 Å². The van der Waals surface area contributed by atoms with E-state index >= 15 is 4.39 Å². The van der Waals surface area contributed by atoms with Crippen LogP contribution in [-0.4, -0.2) is 331 Å². The molecule has 42 heteroatoms. The molecule has 0 spiro atoms. The number of H-pyrrole nitrogens is 1. The van der Waals surface area contributed by atoms with Crippen molar-refractivity contribution in [2.24, 2.45) is 41.1 Å². The van der Waals surface area contributed by atoms with Crippen molar-refractivity contribution in [3.05, 3.63) is 125 Å². The topological polar surface area (TPSA) is 514 Å². The third-order valence-electron chi connectivity index (χ3n) is 26.6. The molecule has 145 heavy (non-hydrogen) atoms. The van der Waals surface area contributed by atoms with Gasteiger partial charge in [-0.05, 0) is 154 Å². The third-order valence-corrected chi connectivity index (χ3v) is 26.8. The average Bonchev–Trinajstić information content (AvgIpc) is 1.71. The predicted octanol–water partition coefficient (Wildman–Crippen LogP) is 7.29. The zero-order valence-corrected chi connectivity index (χ0v) is 87.8. The normalized spacial score (nSPS) is 15.3. The molecular weight excluding hydrogens is 1890 g/mol. The molecule has 2 aromatic heterocycles. The minimum absolute atomic E-state index is 0.00396. The largest absolute Gasteiger partial charge is 0.445 e. The molecule has 4 heterocycles. The molecule has 14 N–H and O–H groups in total. The number of amides is 16. The van der Waals surface area contributed by atoms with E-state index in [1.807, 2.05) is 52.0 Å². The second-order valence-electron chi connectivity index (χ2n) is 39.2. The summed E-state index contributed by atoms with van der Waals surface area (Å²) in [5.41, 5.74) is 17.9. The number of nitrogens with one attached hydrogen (secondary N) is 9. The Morgan fingerprint density at radius 2 is 1.25 bits per heavy atom. The third kappa shape index (κ3) is 34.2. The Morgan fingerprint density at radius 1 is 0.634 bits per heavy atom. The van der Waals surface area contributed by atoms with Crippen LogP contribution in [-0.2, 0) is 78.4 Å². The number of benzene rings is 4. The summed E-state index contributed by atoms with van der Waals surface area (Å²) >= 11 is 6.40. The number of imidazole rings is 1. The number of nitrogens with two attached hydrogens (primary N) is 2. The number of primary amides is 1. The number of piperidine rings is 1. The number of carbonyl (C=O) groups excluding carboxylic acids is 15. The summed E-state index contributed by atoms with van der Waals surface area (Å²) in [5.74, 6) is -8.54. The number of methoxy groups -OCH3 is 1. The number of likely N-dealkylation sites (tertiary alicyclic amines) is 1. The fraction of sp³-hybridized carbons (Fsp3) is 0.563. The number of hydrogen-bond acceptors (Lipinski definition) is 23. The van der Waals surface area contributed by atoms with Gasteiger partial charge in [-0.15, -0.1) is 0 Å². The van der Waals surface area contributed by atoms with E-state index in [0.717, 1.165) is 47.1 Å². The quantitative estimate of drug-likeness (QED) is 0.0167. The molecule has 0 unspecified atom stereocenters. The number of aromatic amines is 1. The smallest absolute Gasteiger partial charge is 0.410 e. The maximum Gasteiger partial charge on any atom is 0.410 e. The Hall–Kier alpha value is -13.2. The van der Waals surface area contributed by atoms with E-state index in [-0.39, 0.29) is 107 Å². The number of carbonyl (C=O) groups is 15. The molecule has 8 rings (SSSR count). The molecule has 0 bridgehead atoms. The maximum absolute atomic E-state index is 15.1. The fourth-order valence-corrected chi connectivity index (χ4v) is 18.0. The number of pyridine rings is 1. The SMILES string of the molecule is CC[C@H](C)[C@@H]([C@@H](CC(=O)N1CCC[C@H]1C[C@@H](C)C(=O)N[C@H](C)[C@@H](O)c1ccccc1)OC)N(C)C(=O)[C@@H](NC(=O)[C@H](C(C)C)N(C)C(=O)OCc1ccc(NC(=O)[C@H](CCCNC(N)=O)NC(=O)[C@@H](NC(=O)CCCC(=O)N(C)CC(=O)N(C)CC(=O)N(C)CC(=O)N(C)CC(=O)N(C)CC(=O)NCCNc2ncc(-c3cc(C)cc(F)c3)c(N3CCC(N)CC3)c2-c2nc3ccc(Cl)cc3[nH]2)C(C)C)cc1)C(C)C. The molecule has 0 aliphatic carbocycles. The predicted molar refractivity (Wildman–Crippen MR) is 550 cm³/mol. The zero-order valence-electron chi connectivity index (χ0n) is 87.1. The summed E-state index contributed by atoms with van der Waals surface area (Å²) in [6, 6.07) is 18.6. The van der Waals surface area contributed by atoms with Gasteiger partial charge < -0.3 is 113 Å². The first-order valence-corrected chi connectivity index (χ1v) is 50.0. The Bertz CT molecular complexity index is 5440. The summed E-state index contributed by atoms with van der Waals surface area (Å²) in [7, 11) is 11.4. The van der Waals surface area contributed by atoms with E-state index in [4.69, 9.17) is 42.5 Å². The number of ether oxygens (including phenoxy) is 2. The highest BCUT2D eigenvalue weighted by Gasteiger charge is 2.43. The molecule has 2 saturated heterocycles. The number of aliphatic hydroxyl groups excluding tert-OH is 1. The molecule has 2 aliphatic rings. The number of nitrogens with zero attached hydrogens (tertiary/aromatic N) is 11. The number of rotatable bonds is 52. The van der Waals surface area contributed by atoms with E-state index in [1.165, 1.54) is 73.7 Å². The number of aromatic nitrogens is 3. The van der Waals surface area contributed by atoms with Gasteiger partial charge in [0.25, 0.3) is 0 Å².